The second-order valence-electron chi connectivity index (χ2n) is 7.61. The summed E-state index contributed by atoms with van der Waals surface area (Å²) < 4.78 is 40.9. The molecule has 2 aromatic carbocycles. The summed E-state index contributed by atoms with van der Waals surface area (Å²) in [5.41, 5.74) is 1.59. The lowest BCUT2D eigenvalue weighted by molar-refractivity contribution is -0.139. The van der Waals surface area contributed by atoms with Crippen molar-refractivity contribution in [2.75, 3.05) is 5.01 Å². The van der Waals surface area contributed by atoms with E-state index in [-0.39, 0.29) is 21.7 Å². The molecule has 1 aliphatic rings. The smallest absolute Gasteiger partial charge is 0.263 e. The van der Waals surface area contributed by atoms with Crippen molar-refractivity contribution in [3.63, 3.8) is 0 Å². The van der Waals surface area contributed by atoms with Gasteiger partial charge in [0.15, 0.2) is 0 Å². The topological polar surface area (TPSA) is 15.6 Å². The van der Waals surface area contributed by atoms with Crippen LogP contribution in [0, 0.1) is 5.92 Å². The second kappa shape index (κ2) is 9.44. The molecule has 2 nitrogen and oxygen atoms in total. The molecule has 3 rings (SSSR count). The number of allylic oxidation sites excluding steroid dienone is 1. The van der Waals surface area contributed by atoms with Crippen LogP contribution in [0.15, 0.2) is 53.6 Å². The van der Waals surface area contributed by atoms with Crippen molar-refractivity contribution in [1.29, 1.82) is 0 Å². The Bertz CT molecular complexity index is 903. The fraction of sp³-hybridized carbons (Fsp3) is 0.348. The van der Waals surface area contributed by atoms with Crippen LogP contribution in [-0.2, 0) is 0 Å². The number of alkyl halides is 3. The van der Waals surface area contributed by atoms with Gasteiger partial charge in [-0.2, -0.15) is 18.3 Å². The summed E-state index contributed by atoms with van der Waals surface area (Å²) in [6, 6.07) is 11.6. The Labute approximate surface area is 185 Å². The molecule has 3 unspecified atom stereocenters. The highest BCUT2D eigenvalue weighted by atomic mass is 35.5. The summed E-state index contributed by atoms with van der Waals surface area (Å²) in [5.74, 6) is -1.31. The SMILES string of the molecule is CC1CCC=NN(c2ccc(C=CC(c3cc(Cl)cc(Cl)c3)C(F)(F)F)cc2)C1C. The Hall–Kier alpha value is -1.98. The van der Waals surface area contributed by atoms with E-state index < -0.39 is 12.1 Å². The molecule has 160 valence electrons. The van der Waals surface area contributed by atoms with Crippen LogP contribution < -0.4 is 5.01 Å². The Balaban J connectivity index is 1.83. The van der Waals surface area contributed by atoms with Gasteiger partial charge >= 0.3 is 6.18 Å². The third kappa shape index (κ3) is 5.58. The van der Waals surface area contributed by atoms with Crippen molar-refractivity contribution < 1.29 is 13.2 Å². The van der Waals surface area contributed by atoms with Crippen LogP contribution in [0.25, 0.3) is 6.08 Å². The molecule has 0 aromatic heterocycles. The Morgan fingerprint density at radius 2 is 1.70 bits per heavy atom. The lowest BCUT2D eigenvalue weighted by Crippen LogP contribution is -2.32. The molecule has 0 fully saturated rings. The maximum atomic E-state index is 13.6. The normalized spacial score (nSPS) is 21.1. The van der Waals surface area contributed by atoms with Crippen LogP contribution in [-0.4, -0.2) is 18.4 Å². The van der Waals surface area contributed by atoms with E-state index in [1.165, 1.54) is 24.3 Å². The third-order valence-corrected chi connectivity index (χ3v) is 5.84. The molecule has 0 radical (unpaired) electrons. The summed E-state index contributed by atoms with van der Waals surface area (Å²) in [6.45, 7) is 4.33. The highest BCUT2D eigenvalue weighted by Crippen LogP contribution is 2.38. The third-order valence-electron chi connectivity index (χ3n) is 5.40. The fourth-order valence-corrected chi connectivity index (χ4v) is 4.02. The van der Waals surface area contributed by atoms with E-state index >= 15 is 0 Å². The van der Waals surface area contributed by atoms with Crippen LogP contribution in [0.2, 0.25) is 10.0 Å². The van der Waals surface area contributed by atoms with Crippen LogP contribution in [0.4, 0.5) is 18.9 Å². The number of hydrogen-bond donors (Lipinski definition) is 0. The van der Waals surface area contributed by atoms with Crippen molar-refractivity contribution in [1.82, 2.24) is 0 Å². The van der Waals surface area contributed by atoms with Crippen LogP contribution in [0.3, 0.4) is 0 Å². The minimum absolute atomic E-state index is 0.00888. The maximum Gasteiger partial charge on any atom is 0.399 e. The molecule has 3 atom stereocenters. The molecule has 0 saturated heterocycles. The molecule has 2 aromatic rings. The summed E-state index contributed by atoms with van der Waals surface area (Å²) in [4.78, 5) is 0. The van der Waals surface area contributed by atoms with E-state index in [1.807, 2.05) is 23.4 Å². The van der Waals surface area contributed by atoms with Gasteiger partial charge in [0.25, 0.3) is 0 Å². The zero-order valence-electron chi connectivity index (χ0n) is 16.7. The largest absolute Gasteiger partial charge is 0.399 e. The number of hydrogen-bond acceptors (Lipinski definition) is 2. The molecule has 7 heteroatoms. The van der Waals surface area contributed by atoms with Crippen molar-refractivity contribution in [3.8, 4) is 0 Å². The minimum atomic E-state index is -4.46. The Morgan fingerprint density at radius 3 is 2.30 bits per heavy atom. The first kappa shape index (κ1) is 22.7. The van der Waals surface area contributed by atoms with Crippen LogP contribution in [0.1, 0.15) is 43.7 Å². The van der Waals surface area contributed by atoms with Gasteiger partial charge in [-0.1, -0.05) is 54.4 Å². The summed E-state index contributed by atoms with van der Waals surface area (Å²) in [7, 11) is 0. The second-order valence-corrected chi connectivity index (χ2v) is 8.48. The van der Waals surface area contributed by atoms with Gasteiger partial charge < -0.3 is 0 Å². The lowest BCUT2D eigenvalue weighted by Gasteiger charge is -2.29. The zero-order valence-corrected chi connectivity index (χ0v) is 18.2. The highest BCUT2D eigenvalue weighted by molar-refractivity contribution is 6.34. The van der Waals surface area contributed by atoms with Gasteiger partial charge in [0.05, 0.1) is 17.6 Å². The molecule has 0 saturated carbocycles. The van der Waals surface area contributed by atoms with E-state index in [2.05, 4.69) is 18.9 Å². The van der Waals surface area contributed by atoms with Crippen LogP contribution in [0.5, 0.6) is 0 Å². The highest BCUT2D eigenvalue weighted by Gasteiger charge is 2.39. The predicted molar refractivity (Wildman–Crippen MR) is 120 cm³/mol. The molecule has 0 bridgehead atoms. The molecular weight excluding hydrogens is 432 g/mol. The maximum absolute atomic E-state index is 13.6. The number of rotatable bonds is 4. The van der Waals surface area contributed by atoms with Crippen molar-refractivity contribution in [2.24, 2.45) is 11.0 Å². The lowest BCUT2D eigenvalue weighted by atomic mass is 9.97. The first-order valence-corrected chi connectivity index (χ1v) is 10.5. The quantitative estimate of drug-likeness (QED) is 0.457. The van der Waals surface area contributed by atoms with Gasteiger partial charge in [-0.15, -0.1) is 0 Å². The van der Waals surface area contributed by atoms with Gasteiger partial charge in [-0.25, -0.2) is 0 Å². The van der Waals surface area contributed by atoms with E-state index in [4.69, 9.17) is 23.2 Å². The Morgan fingerprint density at radius 1 is 1.07 bits per heavy atom. The van der Waals surface area contributed by atoms with E-state index in [9.17, 15) is 13.2 Å². The molecule has 1 aliphatic heterocycles. The van der Waals surface area contributed by atoms with Gasteiger partial charge in [-0.3, -0.25) is 5.01 Å². The summed E-state index contributed by atoms with van der Waals surface area (Å²) >= 11 is 11.8. The van der Waals surface area contributed by atoms with Crippen molar-refractivity contribution >= 4 is 41.2 Å². The van der Waals surface area contributed by atoms with Gasteiger partial charge in [-0.05, 0) is 67.1 Å². The first-order valence-electron chi connectivity index (χ1n) is 9.78. The van der Waals surface area contributed by atoms with Gasteiger partial charge in [0.1, 0.15) is 0 Å². The number of nitrogens with zero attached hydrogens (tertiary/aromatic N) is 2. The average Bonchev–Trinajstić information content (AvgIpc) is 2.82. The Kier molecular flexibility index (Phi) is 7.14. The number of hydrazone groups is 1. The standard InChI is InChI=1S/C23H23Cl2F3N2/c1-15-4-3-11-29-30(16(15)2)21-8-5-17(6-9-21)7-10-22(23(26,27)28)18-12-19(24)14-20(25)13-18/h5-16,22H,3-4H2,1-2H3. The zero-order chi connectivity index (χ0) is 21.9. The monoisotopic (exact) mass is 454 g/mol. The van der Waals surface area contributed by atoms with Gasteiger partial charge in [0, 0.05) is 16.3 Å². The summed E-state index contributed by atoms with van der Waals surface area (Å²) in [6.07, 6.45) is 2.07. The van der Waals surface area contributed by atoms with E-state index in [0.29, 0.717) is 11.5 Å². The number of anilines is 1. The fourth-order valence-electron chi connectivity index (χ4n) is 3.48. The molecule has 1 heterocycles. The minimum Gasteiger partial charge on any atom is -0.263 e. The first-order chi connectivity index (χ1) is 14.1. The molecular formula is C23H23Cl2F3N2. The van der Waals surface area contributed by atoms with Crippen molar-refractivity contribution in [3.05, 3.63) is 69.7 Å². The van der Waals surface area contributed by atoms with Crippen LogP contribution >= 0.6 is 23.2 Å². The molecule has 30 heavy (non-hydrogen) atoms. The average molecular weight is 455 g/mol. The van der Waals surface area contributed by atoms with Gasteiger partial charge in [0.2, 0.25) is 0 Å². The molecule has 0 spiro atoms. The van der Waals surface area contributed by atoms with E-state index in [1.54, 1.807) is 12.1 Å². The molecule has 0 amide bonds. The number of halogens is 5. The summed E-state index contributed by atoms with van der Waals surface area (Å²) in [5, 5.41) is 6.85. The van der Waals surface area contributed by atoms with E-state index in [0.717, 1.165) is 24.6 Å². The van der Waals surface area contributed by atoms with Crippen molar-refractivity contribution in [2.45, 2.75) is 44.8 Å². The molecule has 0 N–H and O–H groups in total. The molecule has 0 aliphatic carbocycles. The predicted octanol–water partition coefficient (Wildman–Crippen LogP) is 7.96. The number of benzene rings is 2.